The van der Waals surface area contributed by atoms with Crippen LogP contribution in [0.1, 0.15) is 11.4 Å². The van der Waals surface area contributed by atoms with Crippen molar-refractivity contribution in [3.63, 3.8) is 0 Å². The zero-order valence-corrected chi connectivity index (χ0v) is 13.7. The van der Waals surface area contributed by atoms with Crippen molar-refractivity contribution < 1.29 is 4.79 Å². The Kier molecular flexibility index (Phi) is 4.80. The lowest BCUT2D eigenvalue weighted by molar-refractivity contribution is -0.113. The van der Waals surface area contributed by atoms with E-state index >= 15 is 0 Å². The number of carbonyl (C=O) groups excluding carboxylic acids is 1. The van der Waals surface area contributed by atoms with Gasteiger partial charge in [-0.05, 0) is 32.0 Å². The molecule has 0 saturated carbocycles. The van der Waals surface area contributed by atoms with Crippen LogP contribution in [-0.2, 0) is 11.8 Å². The topological polar surface area (TPSA) is 72.9 Å². The maximum atomic E-state index is 12.1. The first-order valence-electron chi connectivity index (χ1n) is 6.36. The van der Waals surface area contributed by atoms with E-state index in [-0.39, 0.29) is 11.7 Å². The van der Waals surface area contributed by atoms with Gasteiger partial charge in [-0.3, -0.25) is 9.48 Å². The SMILES string of the molecule is Cc1nn(C)c(C)c1NC(=O)CSc1cc(N)ccc1Cl. The van der Waals surface area contributed by atoms with Crippen molar-refractivity contribution in [2.45, 2.75) is 18.7 Å². The number of nitrogens with zero attached hydrogens (tertiary/aromatic N) is 2. The van der Waals surface area contributed by atoms with Gasteiger partial charge in [-0.2, -0.15) is 5.10 Å². The number of nitrogens with two attached hydrogens (primary N) is 1. The summed E-state index contributed by atoms with van der Waals surface area (Å²) < 4.78 is 1.74. The van der Waals surface area contributed by atoms with Crippen LogP contribution in [0.4, 0.5) is 11.4 Å². The summed E-state index contributed by atoms with van der Waals surface area (Å²) in [6.07, 6.45) is 0. The fraction of sp³-hybridized carbons (Fsp3) is 0.286. The zero-order chi connectivity index (χ0) is 15.6. The highest BCUT2D eigenvalue weighted by Crippen LogP contribution is 2.29. The van der Waals surface area contributed by atoms with E-state index in [1.54, 1.807) is 22.9 Å². The number of carbonyl (C=O) groups is 1. The normalized spacial score (nSPS) is 10.7. The van der Waals surface area contributed by atoms with E-state index in [2.05, 4.69) is 10.4 Å². The number of aromatic nitrogens is 2. The molecule has 0 spiro atoms. The molecular weight excluding hydrogens is 308 g/mol. The molecule has 0 saturated heterocycles. The summed E-state index contributed by atoms with van der Waals surface area (Å²) in [7, 11) is 1.85. The molecular formula is C14H17ClN4OS. The number of hydrogen-bond acceptors (Lipinski definition) is 4. The Bertz CT molecular complexity index is 684. The minimum absolute atomic E-state index is 0.0994. The van der Waals surface area contributed by atoms with E-state index in [0.29, 0.717) is 10.7 Å². The van der Waals surface area contributed by atoms with Crippen LogP contribution in [0.2, 0.25) is 5.02 Å². The predicted molar refractivity (Wildman–Crippen MR) is 87.9 cm³/mol. The predicted octanol–water partition coefficient (Wildman–Crippen LogP) is 3.00. The summed E-state index contributed by atoms with van der Waals surface area (Å²) in [5, 5.41) is 7.74. The molecule has 1 aromatic heterocycles. The molecule has 0 fully saturated rings. The Labute approximate surface area is 132 Å². The second-order valence-corrected chi connectivity index (χ2v) is 6.12. The number of thioether (sulfide) groups is 1. The van der Waals surface area contributed by atoms with E-state index < -0.39 is 0 Å². The van der Waals surface area contributed by atoms with Crippen molar-refractivity contribution in [3.05, 3.63) is 34.6 Å². The lowest BCUT2D eigenvalue weighted by Gasteiger charge is -2.07. The van der Waals surface area contributed by atoms with Crippen LogP contribution >= 0.6 is 23.4 Å². The van der Waals surface area contributed by atoms with E-state index in [4.69, 9.17) is 17.3 Å². The maximum Gasteiger partial charge on any atom is 0.234 e. The molecule has 3 N–H and O–H groups in total. The third-order valence-corrected chi connectivity index (χ3v) is 4.58. The quantitative estimate of drug-likeness (QED) is 0.670. The average Bonchev–Trinajstić information content (AvgIpc) is 2.66. The Hall–Kier alpha value is -1.66. The van der Waals surface area contributed by atoms with Crippen LogP contribution in [0.5, 0.6) is 0 Å². The molecule has 1 amide bonds. The van der Waals surface area contributed by atoms with Crippen molar-refractivity contribution in [2.75, 3.05) is 16.8 Å². The first-order chi connectivity index (χ1) is 9.88. The highest BCUT2D eigenvalue weighted by atomic mass is 35.5. The first kappa shape index (κ1) is 15.7. The van der Waals surface area contributed by atoms with E-state index in [1.807, 2.05) is 20.9 Å². The molecule has 0 aliphatic rings. The molecule has 5 nitrogen and oxygen atoms in total. The molecule has 21 heavy (non-hydrogen) atoms. The van der Waals surface area contributed by atoms with Crippen LogP contribution < -0.4 is 11.1 Å². The number of amides is 1. The number of halogens is 1. The second-order valence-electron chi connectivity index (χ2n) is 4.70. The summed E-state index contributed by atoms with van der Waals surface area (Å²) in [6, 6.07) is 5.22. The van der Waals surface area contributed by atoms with Gasteiger partial charge >= 0.3 is 0 Å². The van der Waals surface area contributed by atoms with Gasteiger partial charge < -0.3 is 11.1 Å². The van der Waals surface area contributed by atoms with Crippen LogP contribution in [0.15, 0.2) is 23.1 Å². The minimum Gasteiger partial charge on any atom is -0.399 e. The largest absolute Gasteiger partial charge is 0.399 e. The fourth-order valence-electron chi connectivity index (χ4n) is 1.90. The van der Waals surface area contributed by atoms with Gasteiger partial charge in [0.2, 0.25) is 5.91 Å². The van der Waals surface area contributed by atoms with Gasteiger partial charge in [0.15, 0.2) is 0 Å². The van der Waals surface area contributed by atoms with Crippen LogP contribution in [-0.4, -0.2) is 21.4 Å². The minimum atomic E-state index is -0.0994. The number of benzene rings is 1. The molecule has 0 aliphatic carbocycles. The van der Waals surface area contributed by atoms with Gasteiger partial charge in [-0.15, -0.1) is 11.8 Å². The summed E-state index contributed by atoms with van der Waals surface area (Å²) in [5.41, 5.74) is 8.83. The summed E-state index contributed by atoms with van der Waals surface area (Å²) in [5.74, 6) is 0.162. The monoisotopic (exact) mass is 324 g/mol. The highest BCUT2D eigenvalue weighted by Gasteiger charge is 2.13. The van der Waals surface area contributed by atoms with Crippen molar-refractivity contribution in [2.24, 2.45) is 7.05 Å². The summed E-state index contributed by atoms with van der Waals surface area (Å²) in [6.45, 7) is 3.78. The molecule has 1 heterocycles. The molecule has 0 aliphatic heterocycles. The highest BCUT2D eigenvalue weighted by molar-refractivity contribution is 8.00. The second kappa shape index (κ2) is 6.41. The van der Waals surface area contributed by atoms with Crippen molar-refractivity contribution >= 4 is 40.6 Å². The maximum absolute atomic E-state index is 12.1. The average molecular weight is 325 g/mol. The van der Waals surface area contributed by atoms with E-state index in [9.17, 15) is 4.79 Å². The van der Waals surface area contributed by atoms with Gasteiger partial charge in [-0.25, -0.2) is 0 Å². The molecule has 0 atom stereocenters. The van der Waals surface area contributed by atoms with Gasteiger partial charge in [0.05, 0.1) is 27.9 Å². The first-order valence-corrected chi connectivity index (χ1v) is 7.72. The van der Waals surface area contributed by atoms with Crippen molar-refractivity contribution in [1.82, 2.24) is 9.78 Å². The lowest BCUT2D eigenvalue weighted by Crippen LogP contribution is -2.15. The van der Waals surface area contributed by atoms with Crippen molar-refractivity contribution in [1.29, 1.82) is 0 Å². The smallest absolute Gasteiger partial charge is 0.234 e. The number of rotatable bonds is 4. The fourth-order valence-corrected chi connectivity index (χ4v) is 2.97. The molecule has 0 bridgehead atoms. The molecule has 2 rings (SSSR count). The number of anilines is 2. The molecule has 0 unspecified atom stereocenters. The van der Waals surface area contributed by atoms with Gasteiger partial charge in [0, 0.05) is 17.6 Å². The third kappa shape index (κ3) is 3.71. The number of nitrogens with one attached hydrogen (secondary N) is 1. The standard InChI is InChI=1S/C14H17ClN4OS/c1-8-14(9(2)19(3)18-8)17-13(20)7-21-12-6-10(16)4-5-11(12)15/h4-6H,7,16H2,1-3H3,(H,17,20). The zero-order valence-electron chi connectivity index (χ0n) is 12.1. The molecule has 7 heteroatoms. The van der Waals surface area contributed by atoms with Gasteiger partial charge in [0.25, 0.3) is 0 Å². The lowest BCUT2D eigenvalue weighted by atomic mass is 10.3. The molecule has 0 radical (unpaired) electrons. The Morgan fingerprint density at radius 1 is 1.48 bits per heavy atom. The number of hydrogen-bond donors (Lipinski definition) is 2. The number of nitrogen functional groups attached to an aromatic ring is 1. The number of aryl methyl sites for hydroxylation is 2. The van der Waals surface area contributed by atoms with E-state index in [1.165, 1.54) is 11.8 Å². The van der Waals surface area contributed by atoms with Gasteiger partial charge in [0.1, 0.15) is 0 Å². The Morgan fingerprint density at radius 2 is 2.19 bits per heavy atom. The molecule has 112 valence electrons. The Morgan fingerprint density at radius 3 is 2.81 bits per heavy atom. The van der Waals surface area contributed by atoms with Crippen LogP contribution in [0, 0.1) is 13.8 Å². The van der Waals surface area contributed by atoms with Crippen molar-refractivity contribution in [3.8, 4) is 0 Å². The van der Waals surface area contributed by atoms with E-state index in [0.717, 1.165) is 22.0 Å². The summed E-state index contributed by atoms with van der Waals surface area (Å²) >= 11 is 7.43. The van der Waals surface area contributed by atoms with Gasteiger partial charge in [-0.1, -0.05) is 11.6 Å². The summed E-state index contributed by atoms with van der Waals surface area (Å²) in [4.78, 5) is 12.9. The Balaban J connectivity index is 2.01. The third-order valence-electron chi connectivity index (χ3n) is 3.09. The van der Waals surface area contributed by atoms with Crippen LogP contribution in [0.25, 0.3) is 0 Å². The molecule has 2 aromatic rings. The van der Waals surface area contributed by atoms with Crippen LogP contribution in [0.3, 0.4) is 0 Å². The molecule has 1 aromatic carbocycles.